The summed E-state index contributed by atoms with van der Waals surface area (Å²) in [6.07, 6.45) is -4.42. The molecule has 2 aromatic carbocycles. The number of carbonyl (C=O) groups excluding carboxylic acids is 1. The van der Waals surface area contributed by atoms with Gasteiger partial charge >= 0.3 is 6.18 Å². The van der Waals surface area contributed by atoms with E-state index in [0.29, 0.717) is 12.1 Å². The Balaban J connectivity index is 1.90. The molecule has 0 bridgehead atoms. The van der Waals surface area contributed by atoms with Gasteiger partial charge in [0.1, 0.15) is 0 Å². The average molecular weight is 370 g/mol. The van der Waals surface area contributed by atoms with E-state index in [0.717, 1.165) is 12.1 Å². The highest BCUT2D eigenvalue weighted by molar-refractivity contribution is 5.92. The molecule has 0 unspecified atom stereocenters. The van der Waals surface area contributed by atoms with Crippen molar-refractivity contribution in [2.24, 2.45) is 0 Å². The maximum absolute atomic E-state index is 13.7. The van der Waals surface area contributed by atoms with Crippen LogP contribution in [0.3, 0.4) is 0 Å². The van der Waals surface area contributed by atoms with Gasteiger partial charge in [0.15, 0.2) is 11.6 Å². The lowest BCUT2D eigenvalue weighted by molar-refractivity contribution is -0.137. The van der Waals surface area contributed by atoms with Crippen molar-refractivity contribution in [3.8, 4) is 5.75 Å². The van der Waals surface area contributed by atoms with Crippen molar-refractivity contribution in [1.82, 2.24) is 4.90 Å². The minimum atomic E-state index is -4.42. The van der Waals surface area contributed by atoms with E-state index < -0.39 is 17.6 Å². The van der Waals surface area contributed by atoms with E-state index in [1.807, 2.05) is 0 Å². The van der Waals surface area contributed by atoms with Crippen LogP contribution in [0.1, 0.15) is 11.1 Å². The summed E-state index contributed by atoms with van der Waals surface area (Å²) in [5.41, 5.74) is 0.147. The summed E-state index contributed by atoms with van der Waals surface area (Å²) in [6.45, 7) is 0.315. The van der Waals surface area contributed by atoms with E-state index >= 15 is 0 Å². The monoisotopic (exact) mass is 370 g/mol. The molecule has 0 saturated heterocycles. The smallest absolute Gasteiger partial charge is 0.416 e. The molecule has 0 fully saturated rings. The summed E-state index contributed by atoms with van der Waals surface area (Å²) in [7, 11) is 3.05. The zero-order chi connectivity index (χ0) is 19.3. The zero-order valence-electron chi connectivity index (χ0n) is 14.2. The zero-order valence-corrected chi connectivity index (χ0v) is 14.2. The molecular weight excluding hydrogens is 352 g/mol. The molecule has 0 aliphatic rings. The molecule has 140 valence electrons. The Morgan fingerprint density at radius 3 is 2.35 bits per heavy atom. The molecule has 0 saturated carbocycles. The topological polar surface area (TPSA) is 41.6 Å². The maximum atomic E-state index is 13.7. The molecule has 1 amide bonds. The molecule has 2 aromatic rings. The Labute approximate surface area is 148 Å². The first-order valence-corrected chi connectivity index (χ1v) is 7.67. The molecule has 4 nitrogen and oxygen atoms in total. The standard InChI is InChI=1S/C18H18F4N2O2/c1-24(10-12-3-8-16(26-2)15(19)9-12)11-17(25)23-14-6-4-13(5-7-14)18(20,21)22/h3-9H,10-11H2,1-2H3,(H,23,25). The molecule has 2 rings (SSSR count). The number of hydrogen-bond acceptors (Lipinski definition) is 3. The van der Waals surface area contributed by atoms with E-state index in [2.05, 4.69) is 5.32 Å². The van der Waals surface area contributed by atoms with Gasteiger partial charge in [-0.25, -0.2) is 4.39 Å². The van der Waals surface area contributed by atoms with Crippen LogP contribution in [0.25, 0.3) is 0 Å². The number of nitrogens with one attached hydrogen (secondary N) is 1. The first kappa shape index (κ1) is 19.7. The van der Waals surface area contributed by atoms with Crippen LogP contribution in [-0.4, -0.2) is 31.5 Å². The lowest BCUT2D eigenvalue weighted by Gasteiger charge is -2.17. The van der Waals surface area contributed by atoms with Crippen molar-refractivity contribution in [2.75, 3.05) is 26.0 Å². The van der Waals surface area contributed by atoms with Crippen molar-refractivity contribution in [3.05, 3.63) is 59.4 Å². The normalized spacial score (nSPS) is 11.5. The van der Waals surface area contributed by atoms with Gasteiger partial charge in [0.2, 0.25) is 5.91 Å². The molecule has 26 heavy (non-hydrogen) atoms. The highest BCUT2D eigenvalue weighted by Gasteiger charge is 2.29. The maximum Gasteiger partial charge on any atom is 0.416 e. The highest BCUT2D eigenvalue weighted by atomic mass is 19.4. The van der Waals surface area contributed by atoms with Gasteiger partial charge < -0.3 is 10.1 Å². The van der Waals surface area contributed by atoms with Crippen LogP contribution >= 0.6 is 0 Å². The molecule has 8 heteroatoms. The van der Waals surface area contributed by atoms with Gasteiger partial charge in [-0.1, -0.05) is 6.07 Å². The molecule has 0 aliphatic carbocycles. The molecule has 0 atom stereocenters. The number of benzene rings is 2. The van der Waals surface area contributed by atoms with Crippen molar-refractivity contribution < 1.29 is 27.1 Å². The lowest BCUT2D eigenvalue weighted by atomic mass is 10.2. The fourth-order valence-electron chi connectivity index (χ4n) is 2.36. The lowest BCUT2D eigenvalue weighted by Crippen LogP contribution is -2.29. The van der Waals surface area contributed by atoms with Gasteiger partial charge in [-0.3, -0.25) is 9.69 Å². The van der Waals surface area contributed by atoms with Crippen LogP contribution in [0.4, 0.5) is 23.2 Å². The van der Waals surface area contributed by atoms with Crippen LogP contribution in [0.5, 0.6) is 5.75 Å². The first-order valence-electron chi connectivity index (χ1n) is 7.67. The van der Waals surface area contributed by atoms with Crippen molar-refractivity contribution >= 4 is 11.6 Å². The van der Waals surface area contributed by atoms with Gasteiger partial charge in [-0.05, 0) is 49.0 Å². The third-order valence-electron chi connectivity index (χ3n) is 3.58. The third kappa shape index (κ3) is 5.45. The Bertz CT molecular complexity index is 761. The average Bonchev–Trinajstić information content (AvgIpc) is 2.54. The van der Waals surface area contributed by atoms with Gasteiger partial charge in [0.25, 0.3) is 0 Å². The Kier molecular flexibility index (Phi) is 6.20. The molecule has 1 N–H and O–H groups in total. The van der Waals surface area contributed by atoms with Crippen molar-refractivity contribution in [1.29, 1.82) is 0 Å². The van der Waals surface area contributed by atoms with E-state index in [-0.39, 0.29) is 23.9 Å². The predicted octanol–water partition coefficient (Wildman–Crippen LogP) is 3.92. The van der Waals surface area contributed by atoms with E-state index in [4.69, 9.17) is 4.74 Å². The van der Waals surface area contributed by atoms with Gasteiger partial charge in [0.05, 0.1) is 19.2 Å². The number of ether oxygens (including phenoxy) is 1. The molecule has 0 heterocycles. The van der Waals surface area contributed by atoms with Crippen LogP contribution in [0.2, 0.25) is 0 Å². The molecule has 0 aliphatic heterocycles. The first-order chi connectivity index (χ1) is 12.2. The highest BCUT2D eigenvalue weighted by Crippen LogP contribution is 2.29. The van der Waals surface area contributed by atoms with E-state index in [1.54, 1.807) is 18.0 Å². The second-order valence-corrected chi connectivity index (χ2v) is 5.76. The minimum Gasteiger partial charge on any atom is -0.494 e. The number of carbonyl (C=O) groups is 1. The van der Waals surface area contributed by atoms with Crippen molar-refractivity contribution in [3.63, 3.8) is 0 Å². The molecule has 0 spiro atoms. The number of alkyl halides is 3. The summed E-state index contributed by atoms with van der Waals surface area (Å²) in [5.74, 6) is -0.745. The molecule has 0 radical (unpaired) electrons. The predicted molar refractivity (Wildman–Crippen MR) is 89.4 cm³/mol. The number of likely N-dealkylation sites (N-methyl/N-ethyl adjacent to an activating group) is 1. The second-order valence-electron chi connectivity index (χ2n) is 5.76. The Morgan fingerprint density at radius 1 is 1.15 bits per heavy atom. The van der Waals surface area contributed by atoms with Crippen molar-refractivity contribution in [2.45, 2.75) is 12.7 Å². The summed E-state index contributed by atoms with van der Waals surface area (Å²) >= 11 is 0. The van der Waals surface area contributed by atoms with E-state index in [1.165, 1.54) is 31.4 Å². The second kappa shape index (κ2) is 8.18. The van der Waals surface area contributed by atoms with Crippen LogP contribution in [-0.2, 0) is 17.5 Å². The van der Waals surface area contributed by atoms with Crippen LogP contribution in [0.15, 0.2) is 42.5 Å². The number of amides is 1. The number of hydrogen-bond donors (Lipinski definition) is 1. The SMILES string of the molecule is COc1ccc(CN(C)CC(=O)Nc2ccc(C(F)(F)F)cc2)cc1F. The minimum absolute atomic E-state index is 0.00529. The quantitative estimate of drug-likeness (QED) is 0.784. The number of halogens is 4. The Morgan fingerprint density at radius 2 is 1.81 bits per heavy atom. The molecule has 0 aromatic heterocycles. The van der Waals surface area contributed by atoms with Gasteiger partial charge in [-0.15, -0.1) is 0 Å². The number of nitrogens with zero attached hydrogens (tertiary/aromatic N) is 1. The van der Waals surface area contributed by atoms with E-state index in [9.17, 15) is 22.4 Å². The third-order valence-corrected chi connectivity index (χ3v) is 3.58. The fraction of sp³-hybridized carbons (Fsp3) is 0.278. The fourth-order valence-corrected chi connectivity index (χ4v) is 2.36. The van der Waals surface area contributed by atoms with Crippen LogP contribution < -0.4 is 10.1 Å². The number of methoxy groups -OCH3 is 1. The summed E-state index contributed by atoms with van der Waals surface area (Å²) < 4.78 is 56.0. The summed E-state index contributed by atoms with van der Waals surface area (Å²) in [4.78, 5) is 13.6. The largest absolute Gasteiger partial charge is 0.494 e. The van der Waals surface area contributed by atoms with Crippen LogP contribution in [0, 0.1) is 5.82 Å². The Hall–Kier alpha value is -2.61. The number of anilines is 1. The number of rotatable bonds is 6. The van der Waals surface area contributed by atoms with Gasteiger partial charge in [0, 0.05) is 12.2 Å². The van der Waals surface area contributed by atoms with Gasteiger partial charge in [-0.2, -0.15) is 13.2 Å². The summed E-state index contributed by atoms with van der Waals surface area (Å²) in [6, 6.07) is 8.70. The summed E-state index contributed by atoms with van der Waals surface area (Å²) in [5, 5.41) is 2.52. The molecular formula is C18H18F4N2O2.